The summed E-state index contributed by atoms with van der Waals surface area (Å²) >= 11 is 7.39. The molecule has 0 unspecified atom stereocenters. The van der Waals surface area contributed by atoms with Gasteiger partial charge in [-0.3, -0.25) is 19.4 Å². The van der Waals surface area contributed by atoms with Crippen LogP contribution < -0.4 is 10.2 Å². The normalized spacial score (nSPS) is 18.0. The summed E-state index contributed by atoms with van der Waals surface area (Å²) in [5.74, 6) is -0.333. The van der Waals surface area contributed by atoms with Gasteiger partial charge in [0.05, 0.1) is 23.8 Å². The van der Waals surface area contributed by atoms with Crippen molar-refractivity contribution < 1.29 is 14.3 Å². The van der Waals surface area contributed by atoms with Gasteiger partial charge in [-0.25, -0.2) is 0 Å². The number of thioether (sulfide) groups is 1. The molecule has 2 aliphatic heterocycles. The summed E-state index contributed by atoms with van der Waals surface area (Å²) < 4.78 is 5.36. The predicted molar refractivity (Wildman–Crippen MR) is 129 cm³/mol. The molecule has 1 fully saturated rings. The van der Waals surface area contributed by atoms with Gasteiger partial charge in [0, 0.05) is 29.6 Å². The molecule has 2 aromatic rings. The Morgan fingerprint density at radius 1 is 1.12 bits per heavy atom. The molecule has 4 rings (SSSR count). The number of benzene rings is 2. The second-order valence-corrected chi connectivity index (χ2v) is 9.20. The number of anilines is 1. The first-order valence-corrected chi connectivity index (χ1v) is 11.9. The van der Waals surface area contributed by atoms with Crippen LogP contribution in [0.5, 0.6) is 0 Å². The Morgan fingerprint density at radius 2 is 1.88 bits per heavy atom. The number of hydrogen-bond acceptors (Lipinski definition) is 5. The lowest BCUT2D eigenvalue weighted by Crippen LogP contribution is -2.43. The van der Waals surface area contributed by atoms with Crippen molar-refractivity contribution in [2.24, 2.45) is 0 Å². The van der Waals surface area contributed by atoms with Crippen molar-refractivity contribution >= 4 is 46.9 Å². The van der Waals surface area contributed by atoms with E-state index in [2.05, 4.69) is 10.2 Å². The summed E-state index contributed by atoms with van der Waals surface area (Å²) in [5.41, 5.74) is 1.65. The number of amides is 2. The second-order valence-electron chi connectivity index (χ2n) is 7.68. The lowest BCUT2D eigenvalue weighted by molar-refractivity contribution is -0.122. The summed E-state index contributed by atoms with van der Waals surface area (Å²) in [6.45, 7) is 4.92. The molecule has 6 nitrogen and oxygen atoms in total. The third-order valence-corrected chi connectivity index (χ3v) is 6.71. The fraction of sp³-hybridized carbons (Fsp3) is 0.333. The van der Waals surface area contributed by atoms with E-state index in [1.54, 1.807) is 17.0 Å². The minimum atomic E-state index is -0.174. The fourth-order valence-electron chi connectivity index (χ4n) is 3.68. The number of morpholine rings is 1. The Kier molecular flexibility index (Phi) is 7.86. The van der Waals surface area contributed by atoms with Gasteiger partial charge in [0.2, 0.25) is 5.91 Å². The van der Waals surface area contributed by atoms with Crippen molar-refractivity contribution in [3.63, 3.8) is 0 Å². The quantitative estimate of drug-likeness (QED) is 0.493. The van der Waals surface area contributed by atoms with Crippen LogP contribution in [0.2, 0.25) is 5.02 Å². The molecule has 0 atom stereocenters. The molecular weight excluding hydrogens is 446 g/mol. The van der Waals surface area contributed by atoms with Crippen LogP contribution in [-0.2, 0) is 14.3 Å². The number of para-hydroxylation sites is 1. The zero-order valence-corrected chi connectivity index (χ0v) is 19.3. The highest BCUT2D eigenvalue weighted by atomic mass is 35.5. The largest absolute Gasteiger partial charge is 0.379 e. The first-order valence-electron chi connectivity index (χ1n) is 10.7. The molecule has 0 bridgehead atoms. The molecule has 1 N–H and O–H groups in total. The number of nitrogens with zero attached hydrogens (tertiary/aromatic N) is 2. The number of carbonyl (C=O) groups excluding carboxylic acids is 2. The lowest BCUT2D eigenvalue weighted by atomic mass is 10.2. The monoisotopic (exact) mass is 471 g/mol. The SMILES string of the molecule is O=C(CN1C(=O)/C(=C\c2ccc(Cl)cc2)Sc2ccccc21)NCCCN1CCOCC1. The number of halogens is 1. The summed E-state index contributed by atoms with van der Waals surface area (Å²) in [7, 11) is 0. The van der Waals surface area contributed by atoms with E-state index in [4.69, 9.17) is 16.3 Å². The zero-order chi connectivity index (χ0) is 22.3. The Bertz CT molecular complexity index is 990. The number of carbonyl (C=O) groups is 2. The average Bonchev–Trinajstić information content (AvgIpc) is 2.81. The highest BCUT2D eigenvalue weighted by Gasteiger charge is 2.30. The highest BCUT2D eigenvalue weighted by molar-refractivity contribution is 8.04. The van der Waals surface area contributed by atoms with Gasteiger partial charge in [0.25, 0.3) is 5.91 Å². The molecule has 168 valence electrons. The van der Waals surface area contributed by atoms with E-state index in [0.29, 0.717) is 16.5 Å². The van der Waals surface area contributed by atoms with Crippen LogP contribution in [0.25, 0.3) is 6.08 Å². The van der Waals surface area contributed by atoms with E-state index < -0.39 is 0 Å². The molecule has 0 spiro atoms. The zero-order valence-electron chi connectivity index (χ0n) is 17.8. The molecule has 2 aliphatic rings. The topological polar surface area (TPSA) is 61.9 Å². The van der Waals surface area contributed by atoms with Crippen molar-refractivity contribution in [2.45, 2.75) is 11.3 Å². The predicted octanol–water partition coefficient (Wildman–Crippen LogP) is 3.66. The van der Waals surface area contributed by atoms with Gasteiger partial charge in [0.15, 0.2) is 0 Å². The van der Waals surface area contributed by atoms with Gasteiger partial charge in [-0.15, -0.1) is 0 Å². The molecule has 8 heteroatoms. The number of fused-ring (bicyclic) bond motifs is 1. The van der Waals surface area contributed by atoms with E-state index >= 15 is 0 Å². The molecule has 0 aliphatic carbocycles. The van der Waals surface area contributed by atoms with Crippen LogP contribution in [0.3, 0.4) is 0 Å². The van der Waals surface area contributed by atoms with Gasteiger partial charge < -0.3 is 10.1 Å². The maximum absolute atomic E-state index is 13.2. The molecule has 2 amide bonds. The van der Waals surface area contributed by atoms with E-state index in [-0.39, 0.29) is 18.4 Å². The van der Waals surface area contributed by atoms with Gasteiger partial charge in [-0.2, -0.15) is 0 Å². The van der Waals surface area contributed by atoms with Crippen molar-refractivity contribution in [2.75, 3.05) is 50.8 Å². The number of ether oxygens (including phenoxy) is 1. The van der Waals surface area contributed by atoms with E-state index in [1.165, 1.54) is 11.8 Å². The molecule has 2 heterocycles. The van der Waals surface area contributed by atoms with Crippen molar-refractivity contribution in [1.82, 2.24) is 10.2 Å². The number of nitrogens with one attached hydrogen (secondary N) is 1. The number of rotatable bonds is 7. The molecule has 32 heavy (non-hydrogen) atoms. The second kappa shape index (κ2) is 11.0. The minimum absolute atomic E-state index is 0.00802. The maximum atomic E-state index is 13.2. The Balaban J connectivity index is 1.40. The van der Waals surface area contributed by atoms with E-state index in [1.807, 2.05) is 42.5 Å². The van der Waals surface area contributed by atoms with E-state index in [0.717, 1.165) is 55.4 Å². The smallest absolute Gasteiger partial charge is 0.265 e. The maximum Gasteiger partial charge on any atom is 0.265 e. The lowest BCUT2D eigenvalue weighted by Gasteiger charge is -2.30. The summed E-state index contributed by atoms with van der Waals surface area (Å²) in [6, 6.07) is 15.0. The van der Waals surface area contributed by atoms with Crippen molar-refractivity contribution in [1.29, 1.82) is 0 Å². The first-order chi connectivity index (χ1) is 15.6. The number of hydrogen-bond donors (Lipinski definition) is 1. The van der Waals surface area contributed by atoms with Crippen molar-refractivity contribution in [3.8, 4) is 0 Å². The van der Waals surface area contributed by atoms with Crippen molar-refractivity contribution in [3.05, 3.63) is 64.0 Å². The average molecular weight is 472 g/mol. The third kappa shape index (κ3) is 5.92. The summed E-state index contributed by atoms with van der Waals surface area (Å²) in [6.07, 6.45) is 2.71. The standard InChI is InChI=1S/C24H26ClN3O3S/c25-19-8-6-18(7-9-19)16-22-24(30)28(20-4-1-2-5-21(20)32-22)17-23(29)26-10-3-11-27-12-14-31-15-13-27/h1-2,4-9,16H,3,10-15,17H2,(H,26,29)/b22-16+. The molecule has 0 saturated carbocycles. The molecular formula is C24H26ClN3O3S. The van der Waals surface area contributed by atoms with Crippen LogP contribution in [-0.4, -0.2) is 62.7 Å². The van der Waals surface area contributed by atoms with Crippen LogP contribution in [0.1, 0.15) is 12.0 Å². The molecule has 0 radical (unpaired) electrons. The van der Waals surface area contributed by atoms with Gasteiger partial charge in [-0.05, 0) is 48.9 Å². The van der Waals surface area contributed by atoms with Gasteiger partial charge >= 0.3 is 0 Å². The van der Waals surface area contributed by atoms with Crippen LogP contribution in [0, 0.1) is 0 Å². The van der Waals surface area contributed by atoms with Crippen LogP contribution in [0.4, 0.5) is 5.69 Å². The summed E-state index contributed by atoms with van der Waals surface area (Å²) in [5, 5.41) is 3.61. The minimum Gasteiger partial charge on any atom is -0.379 e. The molecule has 1 saturated heterocycles. The van der Waals surface area contributed by atoms with Crippen LogP contribution in [0.15, 0.2) is 58.3 Å². The Morgan fingerprint density at radius 3 is 2.66 bits per heavy atom. The highest BCUT2D eigenvalue weighted by Crippen LogP contribution is 2.41. The Hall–Kier alpha value is -2.32. The summed E-state index contributed by atoms with van der Waals surface area (Å²) in [4.78, 5) is 31.3. The van der Waals surface area contributed by atoms with Gasteiger partial charge in [0.1, 0.15) is 6.54 Å². The first kappa shape index (κ1) is 22.9. The molecule has 2 aromatic carbocycles. The molecule has 0 aromatic heterocycles. The van der Waals surface area contributed by atoms with E-state index in [9.17, 15) is 9.59 Å². The fourth-order valence-corrected chi connectivity index (χ4v) is 4.87. The van der Waals surface area contributed by atoms with Gasteiger partial charge in [-0.1, -0.05) is 47.6 Å². The Labute approximate surface area is 197 Å². The third-order valence-electron chi connectivity index (χ3n) is 5.38. The van der Waals surface area contributed by atoms with Crippen LogP contribution >= 0.6 is 23.4 Å².